The molecular weight excluding hydrogens is 781 g/mol. The Balaban J connectivity index is 1.24. The maximum absolute atomic E-state index is 13.9. The van der Waals surface area contributed by atoms with Gasteiger partial charge in [0, 0.05) is 49.2 Å². The van der Waals surface area contributed by atoms with Gasteiger partial charge in [-0.2, -0.15) is 0 Å². The lowest BCUT2D eigenvalue weighted by Gasteiger charge is -2.35. The number of unbranched alkanes of at least 4 members (excludes halogenated alkanes) is 5. The highest BCUT2D eigenvalue weighted by Gasteiger charge is 2.42. The van der Waals surface area contributed by atoms with Gasteiger partial charge in [0.05, 0.1) is 35.2 Å². The van der Waals surface area contributed by atoms with Crippen LogP contribution in [0.15, 0.2) is 107 Å². The number of esters is 2. The predicted molar refractivity (Wildman–Crippen MR) is 234 cm³/mol. The Labute approximate surface area is 360 Å². The molecular formula is C47H64N4O10. The number of carbonyl (C=O) groups excluding carboxylic acids is 2. The Morgan fingerprint density at radius 3 is 1.77 bits per heavy atom. The van der Waals surface area contributed by atoms with Crippen LogP contribution in [-0.4, -0.2) is 103 Å². The van der Waals surface area contributed by atoms with E-state index in [1.165, 1.54) is 6.07 Å². The van der Waals surface area contributed by atoms with Gasteiger partial charge < -0.3 is 44.7 Å². The third-order valence-electron chi connectivity index (χ3n) is 10.7. The van der Waals surface area contributed by atoms with Crippen molar-refractivity contribution in [2.24, 2.45) is 0 Å². The summed E-state index contributed by atoms with van der Waals surface area (Å²) >= 11 is 0. The number of rotatable bonds is 28. The molecule has 1 aliphatic heterocycles. The summed E-state index contributed by atoms with van der Waals surface area (Å²) in [6.07, 6.45) is 5.03. The maximum Gasteiger partial charge on any atom is 0.336 e. The van der Waals surface area contributed by atoms with Crippen molar-refractivity contribution in [1.82, 2.24) is 15.5 Å². The molecule has 4 rings (SSSR count). The number of nitrogens with zero attached hydrogens (tertiary/aromatic N) is 2. The minimum absolute atomic E-state index is 0.140. The molecule has 0 saturated heterocycles. The highest BCUT2D eigenvalue weighted by atomic mass is 16.6. The highest BCUT2D eigenvalue weighted by Crippen LogP contribution is 2.45. The molecule has 4 unspecified atom stereocenters. The Kier molecular flexibility index (Phi) is 20.7. The van der Waals surface area contributed by atoms with E-state index < -0.39 is 35.0 Å². The summed E-state index contributed by atoms with van der Waals surface area (Å²) in [5.74, 6) is -0.931. The van der Waals surface area contributed by atoms with E-state index in [4.69, 9.17) is 18.9 Å². The third kappa shape index (κ3) is 15.9. The van der Waals surface area contributed by atoms with Gasteiger partial charge in [0.2, 0.25) is 0 Å². The van der Waals surface area contributed by atoms with Crippen LogP contribution in [0.25, 0.3) is 0 Å². The molecule has 61 heavy (non-hydrogen) atoms. The fraction of sp³-hybridized carbons (Fsp3) is 0.489. The van der Waals surface area contributed by atoms with Crippen LogP contribution in [0, 0.1) is 10.1 Å². The molecule has 0 saturated carbocycles. The molecule has 332 valence electrons. The van der Waals surface area contributed by atoms with E-state index >= 15 is 0 Å². The lowest BCUT2D eigenvalue weighted by Crippen LogP contribution is -2.36. The van der Waals surface area contributed by atoms with Crippen LogP contribution in [0.2, 0.25) is 0 Å². The molecule has 0 spiro atoms. The molecule has 4 atom stereocenters. The largest absolute Gasteiger partial charge is 0.491 e. The van der Waals surface area contributed by atoms with E-state index in [1.54, 1.807) is 44.0 Å². The number of aliphatic hydroxyl groups is 2. The van der Waals surface area contributed by atoms with Crippen molar-refractivity contribution >= 4 is 17.6 Å². The highest BCUT2D eigenvalue weighted by molar-refractivity contribution is 6.00. The number of ether oxygens (including phenoxy) is 4. The standard InChI is InChI=1S/C47H64N4O10/c1-34(49-31-38(53)33-61-40-23-13-8-14-24-40)20-10-9-19-29-59-47(55)44-36(3)50(4)35(2)43(45(44)41-25-15-16-26-42(41)51(56)57)46(54)58-28-18-6-5-17-27-48-30-37(52)32-60-39-21-11-7-12-22-39/h7-8,11-16,21-26,34,37-38,45,48-49,52-53H,5-6,9-10,17-20,27-33H2,1-4H3. The Bertz CT molecular complexity index is 1870. The second kappa shape index (κ2) is 26.1. The average Bonchev–Trinajstić information content (AvgIpc) is 3.27. The number of allylic oxidation sites excluding steroid dienone is 2. The van der Waals surface area contributed by atoms with Gasteiger partial charge in [-0.1, -0.05) is 80.3 Å². The number of nitro groups is 1. The zero-order valence-electron chi connectivity index (χ0n) is 36.1. The van der Waals surface area contributed by atoms with Gasteiger partial charge in [0.1, 0.15) is 36.9 Å². The van der Waals surface area contributed by atoms with E-state index in [2.05, 4.69) is 17.6 Å². The second-order valence-electron chi connectivity index (χ2n) is 15.4. The van der Waals surface area contributed by atoms with Crippen LogP contribution in [0.1, 0.15) is 83.6 Å². The molecule has 0 radical (unpaired) electrons. The number of nitro benzene ring substituents is 1. The first kappa shape index (κ1) is 48.4. The fourth-order valence-electron chi connectivity index (χ4n) is 7.08. The first-order valence-corrected chi connectivity index (χ1v) is 21.4. The Hall–Kier alpha value is -5.28. The summed E-state index contributed by atoms with van der Waals surface area (Å²) in [6, 6.07) is 25.0. The van der Waals surface area contributed by atoms with Crippen LogP contribution in [0.3, 0.4) is 0 Å². The van der Waals surface area contributed by atoms with Gasteiger partial charge in [-0.15, -0.1) is 0 Å². The van der Waals surface area contributed by atoms with E-state index in [0.717, 1.165) is 45.1 Å². The number of hydrogen-bond acceptors (Lipinski definition) is 13. The first-order valence-electron chi connectivity index (χ1n) is 21.4. The van der Waals surface area contributed by atoms with Crippen molar-refractivity contribution in [3.8, 4) is 11.5 Å². The third-order valence-corrected chi connectivity index (χ3v) is 10.7. The van der Waals surface area contributed by atoms with Crippen molar-refractivity contribution in [2.75, 3.05) is 53.1 Å². The molecule has 14 nitrogen and oxygen atoms in total. The number of hydrogen-bond donors (Lipinski definition) is 4. The molecule has 0 bridgehead atoms. The molecule has 1 aliphatic rings. The van der Waals surface area contributed by atoms with Gasteiger partial charge in [0.25, 0.3) is 5.69 Å². The summed E-state index contributed by atoms with van der Waals surface area (Å²) in [6.45, 7) is 7.76. The van der Waals surface area contributed by atoms with Crippen LogP contribution in [0.4, 0.5) is 5.69 Å². The van der Waals surface area contributed by atoms with E-state index in [1.807, 2.05) is 60.7 Å². The Morgan fingerprint density at radius 2 is 1.21 bits per heavy atom. The SMILES string of the molecule is CC1=C(C(=O)OCCCCCCNCC(O)COc2ccccc2)C(c2ccccc2[N+](=O)[O-])C(C(=O)OCCCCCC(C)NCC(O)COc2ccccc2)=C(C)N1C. The summed E-state index contributed by atoms with van der Waals surface area (Å²) in [4.78, 5) is 41.3. The van der Waals surface area contributed by atoms with E-state index in [9.17, 15) is 29.9 Å². The zero-order chi connectivity index (χ0) is 44.0. The monoisotopic (exact) mass is 844 g/mol. The minimum Gasteiger partial charge on any atom is -0.491 e. The van der Waals surface area contributed by atoms with Crippen LogP contribution >= 0.6 is 0 Å². The number of carbonyl (C=O) groups is 2. The molecule has 3 aromatic carbocycles. The number of para-hydroxylation sites is 3. The minimum atomic E-state index is -1.07. The van der Waals surface area contributed by atoms with E-state index in [0.29, 0.717) is 48.8 Å². The van der Waals surface area contributed by atoms with Crippen LogP contribution in [-0.2, 0) is 19.1 Å². The smallest absolute Gasteiger partial charge is 0.336 e. The maximum atomic E-state index is 13.9. The van der Waals surface area contributed by atoms with Gasteiger partial charge in [-0.3, -0.25) is 10.1 Å². The molecule has 0 amide bonds. The van der Waals surface area contributed by atoms with Gasteiger partial charge in [-0.25, -0.2) is 9.59 Å². The fourth-order valence-corrected chi connectivity index (χ4v) is 7.08. The summed E-state index contributed by atoms with van der Waals surface area (Å²) in [7, 11) is 1.74. The molecule has 0 aromatic heterocycles. The van der Waals surface area contributed by atoms with Crippen LogP contribution < -0.4 is 20.1 Å². The van der Waals surface area contributed by atoms with Gasteiger partial charge >= 0.3 is 11.9 Å². The average molecular weight is 845 g/mol. The van der Waals surface area contributed by atoms with Crippen molar-refractivity contribution < 1.29 is 43.7 Å². The molecule has 4 N–H and O–H groups in total. The van der Waals surface area contributed by atoms with E-state index in [-0.39, 0.29) is 54.9 Å². The van der Waals surface area contributed by atoms with Crippen molar-refractivity contribution in [1.29, 1.82) is 0 Å². The molecule has 14 heteroatoms. The molecule has 3 aromatic rings. The molecule has 0 fully saturated rings. The summed E-state index contributed by atoms with van der Waals surface area (Å²) in [5.41, 5.74) is 1.38. The number of aliphatic hydroxyl groups excluding tert-OH is 2. The van der Waals surface area contributed by atoms with Gasteiger partial charge in [0.15, 0.2) is 0 Å². The number of benzene rings is 3. The predicted octanol–water partition coefficient (Wildman–Crippen LogP) is 6.83. The molecule has 0 aliphatic carbocycles. The van der Waals surface area contributed by atoms with Crippen molar-refractivity contribution in [3.63, 3.8) is 0 Å². The lowest BCUT2D eigenvalue weighted by molar-refractivity contribution is -0.385. The van der Waals surface area contributed by atoms with Gasteiger partial charge in [-0.05, 0) is 77.3 Å². The van der Waals surface area contributed by atoms with Crippen molar-refractivity contribution in [3.05, 3.63) is 123 Å². The first-order chi connectivity index (χ1) is 29.5. The quantitative estimate of drug-likeness (QED) is 0.0259. The van der Waals surface area contributed by atoms with Crippen LogP contribution in [0.5, 0.6) is 11.5 Å². The molecule has 1 heterocycles. The Morgan fingerprint density at radius 1 is 0.721 bits per heavy atom. The second-order valence-corrected chi connectivity index (χ2v) is 15.4. The van der Waals surface area contributed by atoms with Crippen molar-refractivity contribution in [2.45, 2.75) is 96.3 Å². The normalized spacial score (nSPS) is 15.6. The summed E-state index contributed by atoms with van der Waals surface area (Å²) < 4.78 is 22.8. The lowest BCUT2D eigenvalue weighted by atomic mass is 9.79. The topological polar surface area (TPSA) is 182 Å². The summed E-state index contributed by atoms with van der Waals surface area (Å²) in [5, 5.41) is 39.4. The number of nitrogens with one attached hydrogen (secondary N) is 2. The zero-order valence-corrected chi connectivity index (χ0v) is 36.1.